The van der Waals surface area contributed by atoms with Gasteiger partial charge in [0.2, 0.25) is 5.91 Å². The number of hydrogen-bond acceptors (Lipinski definition) is 9. The number of ether oxygens (including phenoxy) is 3. The molecule has 3 amide bonds. The van der Waals surface area contributed by atoms with Crippen LogP contribution < -0.4 is 9.64 Å². The number of aromatic nitrogens is 4. The minimum atomic E-state index is -0.898. The molecule has 0 spiro atoms. The second-order valence-electron chi connectivity index (χ2n) is 11.2. The molecule has 1 aliphatic heterocycles. The quantitative estimate of drug-likeness (QED) is 0.116. The smallest absolute Gasteiger partial charge is 0.425 e. The van der Waals surface area contributed by atoms with Gasteiger partial charge >= 0.3 is 12.2 Å². The van der Waals surface area contributed by atoms with E-state index in [2.05, 4.69) is 16.5 Å². The molecular formula is C35H40N6O6. The summed E-state index contributed by atoms with van der Waals surface area (Å²) in [6.45, 7) is 8.86. The Hall–Kier alpha value is -5.26. The van der Waals surface area contributed by atoms with Crippen molar-refractivity contribution in [2.45, 2.75) is 58.4 Å². The summed E-state index contributed by atoms with van der Waals surface area (Å²) in [5.74, 6) is 1.15. The summed E-state index contributed by atoms with van der Waals surface area (Å²) < 4.78 is 18.7. The maximum absolute atomic E-state index is 13.5. The molecular weight excluding hydrogens is 600 g/mol. The van der Waals surface area contributed by atoms with E-state index < -0.39 is 12.2 Å². The van der Waals surface area contributed by atoms with Crippen LogP contribution in [0.4, 0.5) is 15.4 Å². The minimum Gasteiger partial charge on any atom is -0.457 e. The van der Waals surface area contributed by atoms with E-state index in [1.165, 1.54) is 12.4 Å². The molecule has 12 nitrogen and oxygen atoms in total. The normalized spacial score (nSPS) is 14.4. The zero-order valence-electron chi connectivity index (χ0n) is 26.8. The van der Waals surface area contributed by atoms with Gasteiger partial charge < -0.3 is 19.1 Å². The van der Waals surface area contributed by atoms with Crippen LogP contribution in [0, 0.1) is 0 Å². The first-order valence-corrected chi connectivity index (χ1v) is 16.1. The summed E-state index contributed by atoms with van der Waals surface area (Å²) in [7, 11) is 0. The van der Waals surface area contributed by atoms with E-state index in [-0.39, 0.29) is 31.0 Å². The van der Waals surface area contributed by atoms with E-state index in [4.69, 9.17) is 19.3 Å². The van der Waals surface area contributed by atoms with Gasteiger partial charge in [-0.05, 0) is 68.2 Å². The van der Waals surface area contributed by atoms with Gasteiger partial charge in [0.05, 0.1) is 24.6 Å². The summed E-state index contributed by atoms with van der Waals surface area (Å²) in [5.41, 5.74) is 1.53. The Morgan fingerprint density at radius 2 is 1.60 bits per heavy atom. The van der Waals surface area contributed by atoms with E-state index in [1.807, 2.05) is 68.4 Å². The molecule has 1 saturated heterocycles. The Morgan fingerprint density at radius 3 is 2.23 bits per heavy atom. The van der Waals surface area contributed by atoms with Crippen molar-refractivity contribution in [3.63, 3.8) is 0 Å². The van der Waals surface area contributed by atoms with Gasteiger partial charge in [0.1, 0.15) is 23.5 Å². The molecule has 2 aromatic heterocycles. The molecule has 1 fully saturated rings. The van der Waals surface area contributed by atoms with Crippen LogP contribution in [0.3, 0.4) is 0 Å². The predicted octanol–water partition coefficient (Wildman–Crippen LogP) is 7.31. The number of piperidine rings is 1. The minimum absolute atomic E-state index is 0.00121. The number of para-hydroxylation sites is 1. The van der Waals surface area contributed by atoms with Crippen molar-refractivity contribution in [1.82, 2.24) is 24.6 Å². The number of hydrogen-bond donors (Lipinski definition) is 0. The van der Waals surface area contributed by atoms with Crippen LogP contribution in [-0.2, 0) is 14.3 Å². The van der Waals surface area contributed by atoms with Gasteiger partial charge in [-0.3, -0.25) is 4.79 Å². The van der Waals surface area contributed by atoms with Crippen LogP contribution in [0.1, 0.15) is 58.4 Å². The Kier molecular flexibility index (Phi) is 11.2. The highest BCUT2D eigenvalue weighted by Gasteiger charge is 2.34. The number of imide groups is 1. The number of carbonyl (C=O) groups is 3. The molecule has 47 heavy (non-hydrogen) atoms. The number of rotatable bonds is 12. The lowest BCUT2D eigenvalue weighted by atomic mass is 10.1. The van der Waals surface area contributed by atoms with E-state index in [9.17, 15) is 14.4 Å². The topological polar surface area (TPSA) is 129 Å². The molecule has 0 radical (unpaired) electrons. The first-order chi connectivity index (χ1) is 22.9. The molecule has 0 saturated carbocycles. The van der Waals surface area contributed by atoms with Crippen molar-refractivity contribution in [1.29, 1.82) is 0 Å². The van der Waals surface area contributed by atoms with Crippen molar-refractivity contribution in [3.05, 3.63) is 73.6 Å². The standard InChI is InChI=1S/C35H40N6O6/c1-4-7-21-45-34(43)40(35(44)46-22-8-5-2)32-30-31(25-16-18-28(19-17-25)47-27-14-10-9-11-15-27)38-41(33(30)37-24-36-32)26-13-12-20-39(23-26)29(42)6-3/h6,9-11,14-19,24,26H,3-5,7-8,12-13,20-23H2,1-2H3. The van der Waals surface area contributed by atoms with Gasteiger partial charge in [0, 0.05) is 18.7 Å². The summed E-state index contributed by atoms with van der Waals surface area (Å²) in [4.78, 5) is 51.1. The Labute approximate surface area is 273 Å². The van der Waals surface area contributed by atoms with Crippen molar-refractivity contribution in [2.75, 3.05) is 31.2 Å². The fraction of sp³-hybridized carbons (Fsp3) is 0.371. The molecule has 246 valence electrons. The van der Waals surface area contributed by atoms with E-state index >= 15 is 0 Å². The maximum Gasteiger partial charge on any atom is 0.425 e. The number of anilines is 1. The largest absolute Gasteiger partial charge is 0.457 e. The lowest BCUT2D eigenvalue weighted by Crippen LogP contribution is -2.40. The highest BCUT2D eigenvalue weighted by molar-refractivity contribution is 6.15. The third-order valence-electron chi connectivity index (χ3n) is 7.83. The van der Waals surface area contributed by atoms with Gasteiger partial charge in [-0.2, -0.15) is 10.00 Å². The van der Waals surface area contributed by atoms with E-state index in [0.717, 1.165) is 30.6 Å². The van der Waals surface area contributed by atoms with Gasteiger partial charge in [-0.25, -0.2) is 24.2 Å². The Bertz CT molecular complexity index is 1670. The maximum atomic E-state index is 13.5. The van der Waals surface area contributed by atoms with Crippen molar-refractivity contribution in [2.24, 2.45) is 0 Å². The summed E-state index contributed by atoms with van der Waals surface area (Å²) in [6, 6.07) is 16.5. The fourth-order valence-corrected chi connectivity index (χ4v) is 5.36. The number of fused-ring (bicyclic) bond motifs is 1. The summed E-state index contributed by atoms with van der Waals surface area (Å²) >= 11 is 0. The lowest BCUT2D eigenvalue weighted by Gasteiger charge is -2.32. The van der Waals surface area contributed by atoms with E-state index in [1.54, 1.807) is 9.58 Å². The molecule has 0 aliphatic carbocycles. The van der Waals surface area contributed by atoms with Crippen LogP contribution in [0.2, 0.25) is 0 Å². The first kappa shape index (κ1) is 33.1. The van der Waals surface area contributed by atoms with Gasteiger partial charge in [0.25, 0.3) is 0 Å². The SMILES string of the molecule is C=CC(=O)N1CCCC(n2nc(-c3ccc(Oc4ccccc4)cc3)c3c(N(C(=O)OCCCC)C(=O)OCCCC)ncnc32)C1. The number of likely N-dealkylation sites (tertiary alicyclic amines) is 1. The molecule has 1 aliphatic rings. The predicted molar refractivity (Wildman–Crippen MR) is 177 cm³/mol. The van der Waals surface area contributed by atoms with Gasteiger partial charge in [0.15, 0.2) is 11.5 Å². The second-order valence-corrected chi connectivity index (χ2v) is 11.2. The van der Waals surface area contributed by atoms with Crippen molar-refractivity contribution < 1.29 is 28.6 Å². The van der Waals surface area contributed by atoms with Crippen LogP contribution in [0.5, 0.6) is 11.5 Å². The molecule has 0 bridgehead atoms. The molecule has 0 N–H and O–H groups in total. The highest BCUT2D eigenvalue weighted by Crippen LogP contribution is 2.37. The number of unbranched alkanes of at least 4 members (excludes halogenated alkanes) is 2. The molecule has 5 rings (SSSR count). The number of amides is 3. The molecule has 1 atom stereocenters. The van der Waals surface area contributed by atoms with Crippen LogP contribution in [0.15, 0.2) is 73.6 Å². The first-order valence-electron chi connectivity index (χ1n) is 16.1. The average molecular weight is 641 g/mol. The molecule has 1 unspecified atom stereocenters. The van der Waals surface area contributed by atoms with Crippen molar-refractivity contribution >= 4 is 34.9 Å². The second kappa shape index (κ2) is 15.8. The van der Waals surface area contributed by atoms with Gasteiger partial charge in [-0.15, -0.1) is 0 Å². The van der Waals surface area contributed by atoms with E-state index in [0.29, 0.717) is 59.7 Å². The number of nitrogens with zero attached hydrogens (tertiary/aromatic N) is 6. The third-order valence-corrected chi connectivity index (χ3v) is 7.83. The van der Waals surface area contributed by atoms with Crippen LogP contribution in [0.25, 0.3) is 22.3 Å². The monoisotopic (exact) mass is 640 g/mol. The molecule has 4 aromatic rings. The number of benzene rings is 2. The molecule has 12 heteroatoms. The van der Waals surface area contributed by atoms with Crippen LogP contribution >= 0.6 is 0 Å². The highest BCUT2D eigenvalue weighted by atomic mass is 16.6. The van der Waals surface area contributed by atoms with Crippen molar-refractivity contribution in [3.8, 4) is 22.8 Å². The average Bonchev–Trinajstić information content (AvgIpc) is 3.50. The lowest BCUT2D eigenvalue weighted by molar-refractivity contribution is -0.127. The summed E-state index contributed by atoms with van der Waals surface area (Å²) in [5, 5.41) is 5.38. The fourth-order valence-electron chi connectivity index (χ4n) is 5.36. The zero-order valence-corrected chi connectivity index (χ0v) is 26.8. The van der Waals surface area contributed by atoms with Crippen LogP contribution in [-0.4, -0.2) is 69.0 Å². The van der Waals surface area contributed by atoms with Gasteiger partial charge in [-0.1, -0.05) is 51.5 Å². The Balaban J connectivity index is 1.62. The molecule has 2 aromatic carbocycles. The number of carbonyl (C=O) groups excluding carboxylic acids is 3. The zero-order chi connectivity index (χ0) is 33.2. The Morgan fingerprint density at radius 1 is 0.936 bits per heavy atom. The molecule has 3 heterocycles. The summed E-state index contributed by atoms with van der Waals surface area (Å²) in [6.07, 6.45) is 5.16. The third kappa shape index (κ3) is 7.76.